The molecule has 0 spiro atoms. The Bertz CT molecular complexity index is 1420. The minimum absolute atomic E-state index is 0.0185. The van der Waals surface area contributed by atoms with E-state index in [0.717, 1.165) is 49.0 Å². The van der Waals surface area contributed by atoms with E-state index in [0.29, 0.717) is 36.7 Å². The first kappa shape index (κ1) is 29.3. The number of fused-ring (bicyclic) bond motifs is 3. The number of carboxylic acid groups (broad SMARTS) is 1. The van der Waals surface area contributed by atoms with Crippen molar-refractivity contribution in [1.82, 2.24) is 0 Å². The van der Waals surface area contributed by atoms with Gasteiger partial charge in [0.25, 0.3) is 0 Å². The molecule has 2 N–H and O–H groups in total. The van der Waals surface area contributed by atoms with Crippen LogP contribution in [-0.2, 0) is 35.0 Å². The minimum atomic E-state index is -0.905. The van der Waals surface area contributed by atoms with Gasteiger partial charge >= 0.3 is 5.97 Å². The molecule has 0 radical (unpaired) electrons. The van der Waals surface area contributed by atoms with Crippen molar-refractivity contribution in [3.63, 3.8) is 0 Å². The summed E-state index contributed by atoms with van der Waals surface area (Å²) in [6.07, 6.45) is 5.83. The van der Waals surface area contributed by atoms with Gasteiger partial charge in [0.05, 0.1) is 5.92 Å². The molecule has 218 valence electrons. The van der Waals surface area contributed by atoms with E-state index < -0.39 is 22.4 Å². The molecule has 0 atom stereocenters. The SMILES string of the molecule is Cc1cc(OCC2(O)CCS(=O)CC2)cc2c1-c1cc(COc3cccc(F)c3)ccc1CCC2.O=C(O)C1CC1. The lowest BCUT2D eigenvalue weighted by molar-refractivity contribution is -0.138. The number of carbonyl (C=O) groups is 1. The number of rotatable bonds is 7. The Morgan fingerprint density at radius 2 is 1.76 bits per heavy atom. The second-order valence-corrected chi connectivity index (χ2v) is 13.0. The second-order valence-electron chi connectivity index (χ2n) is 11.3. The van der Waals surface area contributed by atoms with Crippen LogP contribution in [-0.4, -0.2) is 44.1 Å². The van der Waals surface area contributed by atoms with Crippen LogP contribution in [0.25, 0.3) is 11.1 Å². The maximum Gasteiger partial charge on any atom is 0.306 e. The molecular formula is C33H37FO6S. The summed E-state index contributed by atoms with van der Waals surface area (Å²) in [5.74, 6) is 1.44. The summed E-state index contributed by atoms with van der Waals surface area (Å²) in [4.78, 5) is 9.76. The molecule has 6 rings (SSSR count). The first-order chi connectivity index (χ1) is 19.7. The molecule has 8 heteroatoms. The quantitative estimate of drug-likeness (QED) is 0.356. The van der Waals surface area contributed by atoms with Gasteiger partial charge in [-0.05, 0) is 116 Å². The minimum Gasteiger partial charge on any atom is -0.491 e. The maximum atomic E-state index is 13.5. The van der Waals surface area contributed by atoms with Crippen molar-refractivity contribution in [2.75, 3.05) is 18.1 Å². The topological polar surface area (TPSA) is 93.1 Å². The summed E-state index contributed by atoms with van der Waals surface area (Å²) < 4.78 is 37.1. The number of hydrogen-bond donors (Lipinski definition) is 2. The number of carboxylic acids is 1. The molecule has 1 saturated carbocycles. The Morgan fingerprint density at radius 3 is 2.44 bits per heavy atom. The van der Waals surface area contributed by atoms with E-state index in [-0.39, 0.29) is 18.3 Å². The van der Waals surface area contributed by atoms with Gasteiger partial charge in [-0.15, -0.1) is 0 Å². The molecule has 3 aromatic carbocycles. The number of aryl methyl sites for hydroxylation is 3. The van der Waals surface area contributed by atoms with E-state index in [2.05, 4.69) is 31.2 Å². The number of benzene rings is 3. The highest BCUT2D eigenvalue weighted by Gasteiger charge is 2.33. The van der Waals surface area contributed by atoms with Crippen LogP contribution >= 0.6 is 0 Å². The molecule has 3 aliphatic rings. The van der Waals surface area contributed by atoms with Crippen molar-refractivity contribution < 1.29 is 33.1 Å². The number of halogens is 1. The molecular weight excluding hydrogens is 543 g/mol. The van der Waals surface area contributed by atoms with Gasteiger partial charge in [-0.1, -0.05) is 18.2 Å². The third-order valence-corrected chi connectivity index (χ3v) is 9.27. The third kappa shape index (κ3) is 7.74. The second kappa shape index (κ2) is 12.7. The zero-order chi connectivity index (χ0) is 29.0. The van der Waals surface area contributed by atoms with E-state index in [1.165, 1.54) is 34.4 Å². The summed E-state index contributed by atoms with van der Waals surface area (Å²) in [5.41, 5.74) is 6.30. The molecule has 1 heterocycles. The fraction of sp³-hybridized carbons (Fsp3) is 0.424. The predicted octanol–water partition coefficient (Wildman–Crippen LogP) is 6.00. The van der Waals surface area contributed by atoms with Crippen LogP contribution in [0.3, 0.4) is 0 Å². The van der Waals surface area contributed by atoms with E-state index in [4.69, 9.17) is 14.6 Å². The lowest BCUT2D eigenvalue weighted by Gasteiger charge is -2.31. The van der Waals surface area contributed by atoms with Gasteiger partial charge in [-0.25, -0.2) is 4.39 Å². The average Bonchev–Trinajstić information content (AvgIpc) is 3.81. The molecule has 0 aromatic heterocycles. The summed E-state index contributed by atoms with van der Waals surface area (Å²) in [7, 11) is -0.820. The molecule has 3 aromatic rings. The van der Waals surface area contributed by atoms with E-state index in [1.807, 2.05) is 6.07 Å². The van der Waals surface area contributed by atoms with Gasteiger partial charge in [0.1, 0.15) is 36.1 Å². The highest BCUT2D eigenvalue weighted by Crippen LogP contribution is 2.38. The number of aliphatic carboxylic acids is 1. The van der Waals surface area contributed by atoms with Gasteiger partial charge in [-0.2, -0.15) is 0 Å². The normalized spacial score (nSPS) is 21.4. The molecule has 1 saturated heterocycles. The Hall–Kier alpha value is -3.23. The zero-order valence-electron chi connectivity index (χ0n) is 23.4. The molecule has 6 nitrogen and oxygen atoms in total. The molecule has 41 heavy (non-hydrogen) atoms. The Kier molecular flexibility index (Phi) is 9.09. The van der Waals surface area contributed by atoms with Crippen LogP contribution in [0.2, 0.25) is 0 Å². The van der Waals surface area contributed by atoms with Gasteiger partial charge < -0.3 is 19.7 Å². The lowest BCUT2D eigenvalue weighted by atomic mass is 9.91. The van der Waals surface area contributed by atoms with E-state index >= 15 is 0 Å². The molecule has 2 aliphatic carbocycles. The van der Waals surface area contributed by atoms with Crippen molar-refractivity contribution in [2.45, 2.75) is 64.1 Å². The average molecular weight is 581 g/mol. The van der Waals surface area contributed by atoms with E-state index in [1.54, 1.807) is 12.1 Å². The Balaban J connectivity index is 0.000000500. The highest BCUT2D eigenvalue weighted by atomic mass is 32.2. The van der Waals surface area contributed by atoms with Crippen LogP contribution in [0, 0.1) is 18.7 Å². The van der Waals surface area contributed by atoms with Crippen molar-refractivity contribution >= 4 is 16.8 Å². The summed E-state index contributed by atoms with van der Waals surface area (Å²) in [6, 6.07) is 16.8. The molecule has 0 bridgehead atoms. The van der Waals surface area contributed by atoms with Gasteiger partial charge in [0.2, 0.25) is 0 Å². The number of hydrogen-bond acceptors (Lipinski definition) is 5. The first-order valence-corrected chi connectivity index (χ1v) is 15.7. The summed E-state index contributed by atoms with van der Waals surface area (Å²) >= 11 is 0. The Morgan fingerprint density at radius 1 is 1.00 bits per heavy atom. The maximum absolute atomic E-state index is 13.5. The van der Waals surface area contributed by atoms with Crippen LogP contribution in [0.15, 0.2) is 54.6 Å². The number of aliphatic hydroxyl groups is 1. The predicted molar refractivity (Wildman–Crippen MR) is 157 cm³/mol. The summed E-state index contributed by atoms with van der Waals surface area (Å²) in [6.45, 7) is 2.70. The third-order valence-electron chi connectivity index (χ3n) is 7.95. The fourth-order valence-electron chi connectivity index (χ4n) is 5.37. The highest BCUT2D eigenvalue weighted by molar-refractivity contribution is 7.85. The standard InChI is InChI=1S/C29H31FO4S.C4H6O2/c1-20-14-26(34-19-29(31)10-12-35(32)13-11-29)16-23-5-2-4-22-9-8-21(15-27(22)28(20)23)18-33-25-7-3-6-24(30)17-25;5-4(6)3-1-2-3/h3,6-9,14-17,31H,2,4-5,10-13,18-19H2,1H3;3H,1-2H2,(H,5,6). The van der Waals surface area contributed by atoms with E-state index in [9.17, 15) is 18.5 Å². The van der Waals surface area contributed by atoms with Crippen molar-refractivity contribution in [1.29, 1.82) is 0 Å². The Labute approximate surface area is 243 Å². The smallest absolute Gasteiger partial charge is 0.306 e. The fourth-order valence-corrected chi connectivity index (χ4v) is 6.79. The molecule has 2 fully saturated rings. The zero-order valence-corrected chi connectivity index (χ0v) is 24.2. The molecule has 0 amide bonds. The molecule has 1 aliphatic heterocycles. The molecule has 0 unspecified atom stereocenters. The van der Waals surface area contributed by atoms with Crippen molar-refractivity contribution in [3.8, 4) is 22.6 Å². The van der Waals surface area contributed by atoms with Crippen LogP contribution in [0.5, 0.6) is 11.5 Å². The van der Waals surface area contributed by atoms with Crippen molar-refractivity contribution in [2.24, 2.45) is 5.92 Å². The summed E-state index contributed by atoms with van der Waals surface area (Å²) in [5, 5.41) is 18.9. The monoisotopic (exact) mass is 580 g/mol. The number of ether oxygens (including phenoxy) is 2. The van der Waals surface area contributed by atoms with Crippen LogP contribution in [0.4, 0.5) is 4.39 Å². The van der Waals surface area contributed by atoms with Crippen LogP contribution in [0.1, 0.15) is 54.4 Å². The van der Waals surface area contributed by atoms with Gasteiger partial charge in [-0.3, -0.25) is 9.00 Å². The first-order valence-electron chi connectivity index (χ1n) is 14.3. The van der Waals surface area contributed by atoms with Crippen LogP contribution < -0.4 is 9.47 Å². The van der Waals surface area contributed by atoms with Gasteiger partial charge in [0, 0.05) is 28.4 Å². The van der Waals surface area contributed by atoms with Gasteiger partial charge in [0.15, 0.2) is 0 Å². The lowest BCUT2D eigenvalue weighted by Crippen LogP contribution is -2.42. The largest absolute Gasteiger partial charge is 0.491 e. The van der Waals surface area contributed by atoms with Crippen molar-refractivity contribution in [3.05, 3.63) is 82.7 Å².